The predicted molar refractivity (Wildman–Crippen MR) is 67.7 cm³/mol. The zero-order chi connectivity index (χ0) is 13.3. The predicted octanol–water partition coefficient (Wildman–Crippen LogP) is 1.63. The minimum Gasteiger partial charge on any atom is -0.394 e. The van der Waals surface area contributed by atoms with Gasteiger partial charge in [-0.3, -0.25) is 4.79 Å². The molecule has 1 N–H and O–H groups in total. The Morgan fingerprint density at radius 1 is 1.56 bits per heavy atom. The molecule has 1 amide bonds. The van der Waals surface area contributed by atoms with Gasteiger partial charge < -0.3 is 10.0 Å². The molecular formula is C11H13Cl2N3O2. The van der Waals surface area contributed by atoms with E-state index in [2.05, 4.69) is 10.2 Å². The molecule has 0 aliphatic carbocycles. The van der Waals surface area contributed by atoms with Crippen molar-refractivity contribution in [2.75, 3.05) is 13.2 Å². The fourth-order valence-electron chi connectivity index (χ4n) is 2.20. The van der Waals surface area contributed by atoms with Crippen molar-refractivity contribution in [3.8, 4) is 0 Å². The minimum absolute atomic E-state index is 0.0284. The first kappa shape index (κ1) is 13.5. The highest BCUT2D eigenvalue weighted by Gasteiger charge is 2.35. The van der Waals surface area contributed by atoms with Crippen LogP contribution in [0.25, 0.3) is 0 Å². The van der Waals surface area contributed by atoms with Crippen molar-refractivity contribution in [3.05, 3.63) is 21.9 Å². The number of aromatic nitrogens is 2. The summed E-state index contributed by atoms with van der Waals surface area (Å²) in [6.07, 6.45) is 0.862. The van der Waals surface area contributed by atoms with Gasteiger partial charge in [-0.2, -0.15) is 0 Å². The number of amides is 1. The fraction of sp³-hybridized carbons (Fsp3) is 0.545. The summed E-state index contributed by atoms with van der Waals surface area (Å²) in [6, 6.07) is 1.22. The number of aliphatic hydroxyl groups excluding tert-OH is 1. The van der Waals surface area contributed by atoms with Gasteiger partial charge in [0.05, 0.1) is 18.2 Å². The van der Waals surface area contributed by atoms with Crippen LogP contribution < -0.4 is 0 Å². The van der Waals surface area contributed by atoms with Crippen molar-refractivity contribution in [2.24, 2.45) is 5.92 Å². The van der Waals surface area contributed by atoms with Crippen LogP contribution in [0.4, 0.5) is 0 Å². The maximum atomic E-state index is 12.3. The molecule has 1 aromatic heterocycles. The fourth-order valence-corrected chi connectivity index (χ4v) is 2.52. The van der Waals surface area contributed by atoms with Gasteiger partial charge in [0.25, 0.3) is 5.91 Å². The maximum Gasteiger partial charge on any atom is 0.257 e. The van der Waals surface area contributed by atoms with Crippen LogP contribution in [0, 0.1) is 5.92 Å². The molecule has 2 atom stereocenters. The van der Waals surface area contributed by atoms with Gasteiger partial charge in [0.15, 0.2) is 10.3 Å². The van der Waals surface area contributed by atoms with Crippen LogP contribution in [-0.2, 0) is 0 Å². The van der Waals surface area contributed by atoms with Crippen LogP contribution in [0.1, 0.15) is 23.7 Å². The molecule has 18 heavy (non-hydrogen) atoms. The monoisotopic (exact) mass is 289 g/mol. The lowest BCUT2D eigenvalue weighted by molar-refractivity contribution is 0.0647. The number of aliphatic hydroxyl groups is 1. The zero-order valence-corrected chi connectivity index (χ0v) is 11.3. The van der Waals surface area contributed by atoms with Crippen molar-refractivity contribution >= 4 is 29.1 Å². The Balaban J connectivity index is 2.28. The Bertz CT molecular complexity index is 470. The van der Waals surface area contributed by atoms with E-state index in [-0.39, 0.29) is 40.3 Å². The minimum atomic E-state index is -0.264. The third-order valence-corrected chi connectivity index (χ3v) is 3.74. The largest absolute Gasteiger partial charge is 0.394 e. The second-order valence-electron chi connectivity index (χ2n) is 4.39. The first-order valence-corrected chi connectivity index (χ1v) is 6.40. The van der Waals surface area contributed by atoms with Gasteiger partial charge in [0.2, 0.25) is 0 Å². The van der Waals surface area contributed by atoms with Gasteiger partial charge in [-0.15, -0.1) is 10.2 Å². The van der Waals surface area contributed by atoms with Crippen LogP contribution in [0.3, 0.4) is 0 Å². The molecule has 1 saturated heterocycles. The van der Waals surface area contributed by atoms with Crippen LogP contribution in [-0.4, -0.2) is 45.3 Å². The van der Waals surface area contributed by atoms with Gasteiger partial charge in [-0.05, 0) is 18.4 Å². The van der Waals surface area contributed by atoms with Gasteiger partial charge in [0.1, 0.15) is 0 Å². The van der Waals surface area contributed by atoms with Crippen LogP contribution in [0.2, 0.25) is 10.3 Å². The number of nitrogens with zero attached hydrogens (tertiary/aromatic N) is 3. The average Bonchev–Trinajstić information content (AvgIpc) is 2.72. The SMILES string of the molecule is CC1CCN(C(=O)c2cc(Cl)nnc2Cl)C1CO. The van der Waals surface area contributed by atoms with Crippen molar-refractivity contribution in [3.63, 3.8) is 0 Å². The van der Waals surface area contributed by atoms with E-state index in [1.54, 1.807) is 4.90 Å². The van der Waals surface area contributed by atoms with Crippen molar-refractivity contribution < 1.29 is 9.90 Å². The molecule has 2 rings (SSSR count). The molecule has 7 heteroatoms. The number of carbonyl (C=O) groups is 1. The van der Waals surface area contributed by atoms with E-state index in [0.717, 1.165) is 6.42 Å². The zero-order valence-electron chi connectivity index (χ0n) is 9.81. The molecule has 0 aromatic carbocycles. The molecule has 0 bridgehead atoms. The lowest BCUT2D eigenvalue weighted by Gasteiger charge is -2.25. The smallest absolute Gasteiger partial charge is 0.257 e. The van der Waals surface area contributed by atoms with Gasteiger partial charge in [-0.25, -0.2) is 0 Å². The lowest BCUT2D eigenvalue weighted by atomic mass is 10.0. The Kier molecular flexibility index (Phi) is 4.04. The number of hydrogen-bond donors (Lipinski definition) is 1. The Labute approximate surface area is 115 Å². The third-order valence-electron chi connectivity index (χ3n) is 3.28. The highest BCUT2D eigenvalue weighted by atomic mass is 35.5. The topological polar surface area (TPSA) is 66.3 Å². The quantitative estimate of drug-likeness (QED) is 0.899. The van der Waals surface area contributed by atoms with Crippen molar-refractivity contribution in [2.45, 2.75) is 19.4 Å². The van der Waals surface area contributed by atoms with E-state index in [9.17, 15) is 9.90 Å². The molecule has 5 nitrogen and oxygen atoms in total. The second-order valence-corrected chi connectivity index (χ2v) is 5.13. The highest BCUT2D eigenvalue weighted by molar-refractivity contribution is 6.34. The molecule has 1 aliphatic rings. The maximum absolute atomic E-state index is 12.3. The number of likely N-dealkylation sites (tertiary alicyclic amines) is 1. The summed E-state index contributed by atoms with van der Waals surface area (Å²) in [5.41, 5.74) is 0.226. The van der Waals surface area contributed by atoms with E-state index in [1.165, 1.54) is 6.07 Å². The first-order valence-electron chi connectivity index (χ1n) is 5.65. The number of halogens is 2. The van der Waals surface area contributed by atoms with E-state index < -0.39 is 0 Å². The van der Waals surface area contributed by atoms with Crippen molar-refractivity contribution in [1.29, 1.82) is 0 Å². The lowest BCUT2D eigenvalue weighted by Crippen LogP contribution is -2.40. The van der Waals surface area contributed by atoms with Crippen LogP contribution in [0.15, 0.2) is 6.07 Å². The molecule has 98 valence electrons. The standard InChI is InChI=1S/C11H13Cl2N3O2/c1-6-2-3-16(8(6)5-17)11(18)7-4-9(12)14-15-10(7)13/h4,6,8,17H,2-3,5H2,1H3. The molecular weight excluding hydrogens is 277 g/mol. The average molecular weight is 290 g/mol. The summed E-state index contributed by atoms with van der Waals surface area (Å²) >= 11 is 11.6. The molecule has 0 saturated carbocycles. The molecule has 2 heterocycles. The van der Waals surface area contributed by atoms with Gasteiger partial charge >= 0.3 is 0 Å². The normalized spacial score (nSPS) is 23.4. The van der Waals surface area contributed by atoms with Gasteiger partial charge in [0, 0.05) is 6.54 Å². The van der Waals surface area contributed by atoms with Crippen molar-refractivity contribution in [1.82, 2.24) is 15.1 Å². The second kappa shape index (κ2) is 5.38. The van der Waals surface area contributed by atoms with E-state index in [1.807, 2.05) is 6.92 Å². The van der Waals surface area contributed by atoms with E-state index in [4.69, 9.17) is 23.2 Å². The summed E-state index contributed by atoms with van der Waals surface area (Å²) in [7, 11) is 0. The van der Waals surface area contributed by atoms with E-state index >= 15 is 0 Å². The van der Waals surface area contributed by atoms with Crippen LogP contribution in [0.5, 0.6) is 0 Å². The summed E-state index contributed by atoms with van der Waals surface area (Å²) < 4.78 is 0. The highest BCUT2D eigenvalue weighted by Crippen LogP contribution is 2.27. The molecule has 1 fully saturated rings. The van der Waals surface area contributed by atoms with Crippen LogP contribution >= 0.6 is 23.2 Å². The first-order chi connectivity index (χ1) is 8.54. The number of carbonyl (C=O) groups excluding carboxylic acids is 1. The number of rotatable bonds is 2. The third kappa shape index (κ3) is 2.43. The summed E-state index contributed by atoms with van der Waals surface area (Å²) in [5.74, 6) is 0.00296. The molecule has 2 unspecified atom stereocenters. The van der Waals surface area contributed by atoms with Gasteiger partial charge in [-0.1, -0.05) is 30.1 Å². The Hall–Kier alpha value is -0.910. The summed E-state index contributed by atoms with van der Waals surface area (Å²) in [4.78, 5) is 14.0. The van der Waals surface area contributed by atoms with E-state index in [0.29, 0.717) is 6.54 Å². The number of hydrogen-bond acceptors (Lipinski definition) is 4. The summed E-state index contributed by atoms with van der Waals surface area (Å²) in [5, 5.41) is 16.7. The molecule has 1 aromatic rings. The summed E-state index contributed by atoms with van der Waals surface area (Å²) in [6.45, 7) is 2.55. The molecule has 0 spiro atoms. The molecule has 1 aliphatic heterocycles. The Morgan fingerprint density at radius 2 is 2.28 bits per heavy atom. The Morgan fingerprint density at radius 3 is 2.94 bits per heavy atom. The molecule has 0 radical (unpaired) electrons.